The highest BCUT2D eigenvalue weighted by molar-refractivity contribution is 5.00. The maximum atomic E-state index is 9.92. The zero-order valence-electron chi connectivity index (χ0n) is 12.2. The van der Waals surface area contributed by atoms with Gasteiger partial charge in [-0.1, -0.05) is 20.8 Å². The lowest BCUT2D eigenvalue weighted by molar-refractivity contribution is 0.00101. The molecule has 3 heteroatoms. The maximum absolute atomic E-state index is 9.92. The van der Waals surface area contributed by atoms with Gasteiger partial charge >= 0.3 is 0 Å². The van der Waals surface area contributed by atoms with Crippen molar-refractivity contribution in [1.29, 1.82) is 0 Å². The highest BCUT2D eigenvalue weighted by Crippen LogP contribution is 2.44. The Labute approximate surface area is 111 Å². The Morgan fingerprint density at radius 1 is 1.33 bits per heavy atom. The van der Waals surface area contributed by atoms with Crippen LogP contribution in [0.15, 0.2) is 0 Å². The second-order valence-corrected chi connectivity index (χ2v) is 7.35. The van der Waals surface area contributed by atoms with Gasteiger partial charge in [0.05, 0.1) is 13.2 Å². The molecule has 2 N–H and O–H groups in total. The Hall–Kier alpha value is -0.120. The summed E-state index contributed by atoms with van der Waals surface area (Å²) in [5, 5.41) is 13.7. The monoisotopic (exact) mass is 255 g/mol. The summed E-state index contributed by atoms with van der Waals surface area (Å²) in [6, 6.07) is 0.423. The Kier molecular flexibility index (Phi) is 4.35. The zero-order chi connectivity index (χ0) is 13.2. The molecule has 1 aliphatic heterocycles. The van der Waals surface area contributed by atoms with Crippen molar-refractivity contribution in [2.75, 3.05) is 19.8 Å². The average molecular weight is 255 g/mol. The molecule has 1 aliphatic carbocycles. The lowest BCUT2D eigenvalue weighted by Crippen LogP contribution is -2.59. The van der Waals surface area contributed by atoms with E-state index in [9.17, 15) is 5.11 Å². The number of aliphatic hydroxyl groups is 1. The number of nitrogens with one attached hydrogen (secondary N) is 1. The van der Waals surface area contributed by atoms with Crippen LogP contribution in [-0.4, -0.2) is 36.5 Å². The van der Waals surface area contributed by atoms with Crippen LogP contribution in [0.3, 0.4) is 0 Å². The van der Waals surface area contributed by atoms with Crippen molar-refractivity contribution in [2.45, 2.75) is 64.5 Å². The molecule has 3 atom stereocenters. The van der Waals surface area contributed by atoms with E-state index in [-0.39, 0.29) is 12.1 Å². The van der Waals surface area contributed by atoms with Crippen LogP contribution < -0.4 is 5.32 Å². The van der Waals surface area contributed by atoms with Gasteiger partial charge in [0.15, 0.2) is 0 Å². The molecule has 2 rings (SSSR count). The first-order chi connectivity index (χ1) is 8.45. The second-order valence-electron chi connectivity index (χ2n) is 7.35. The second kappa shape index (κ2) is 5.48. The molecular weight excluding hydrogens is 226 g/mol. The molecule has 0 spiro atoms. The molecule has 0 aromatic heterocycles. The summed E-state index contributed by atoms with van der Waals surface area (Å²) < 4.78 is 5.55. The van der Waals surface area contributed by atoms with E-state index in [2.05, 4.69) is 26.1 Å². The number of hydrogen-bond acceptors (Lipinski definition) is 3. The summed E-state index contributed by atoms with van der Waals surface area (Å²) in [5.74, 6) is 0.679. The minimum absolute atomic E-state index is 0.0907. The molecule has 106 valence electrons. The van der Waals surface area contributed by atoms with Crippen molar-refractivity contribution in [3.05, 3.63) is 0 Å². The Morgan fingerprint density at radius 3 is 2.67 bits per heavy atom. The first kappa shape index (κ1) is 14.3. The highest BCUT2D eigenvalue weighted by atomic mass is 16.5. The van der Waals surface area contributed by atoms with Gasteiger partial charge in [0.25, 0.3) is 0 Å². The molecule has 0 aromatic rings. The zero-order valence-corrected chi connectivity index (χ0v) is 12.2. The third-order valence-corrected chi connectivity index (χ3v) is 4.43. The number of hydrogen-bond donors (Lipinski definition) is 2. The van der Waals surface area contributed by atoms with Crippen LogP contribution in [-0.2, 0) is 4.74 Å². The minimum Gasteiger partial charge on any atom is -0.394 e. The fourth-order valence-electron chi connectivity index (χ4n) is 4.31. The van der Waals surface area contributed by atoms with Gasteiger partial charge in [0.2, 0.25) is 0 Å². The van der Waals surface area contributed by atoms with E-state index in [0.29, 0.717) is 17.4 Å². The van der Waals surface area contributed by atoms with Gasteiger partial charge in [-0.3, -0.25) is 0 Å². The molecule has 0 bridgehead atoms. The van der Waals surface area contributed by atoms with Crippen molar-refractivity contribution < 1.29 is 9.84 Å². The number of rotatable bonds is 3. The van der Waals surface area contributed by atoms with Crippen LogP contribution in [0.25, 0.3) is 0 Å². The minimum atomic E-state index is -0.0907. The van der Waals surface area contributed by atoms with Gasteiger partial charge in [-0.2, -0.15) is 0 Å². The predicted molar refractivity (Wildman–Crippen MR) is 73.6 cm³/mol. The fraction of sp³-hybridized carbons (Fsp3) is 1.00. The Balaban J connectivity index is 2.04. The van der Waals surface area contributed by atoms with E-state index in [1.165, 1.54) is 12.8 Å². The van der Waals surface area contributed by atoms with E-state index in [1.54, 1.807) is 0 Å². The van der Waals surface area contributed by atoms with Crippen molar-refractivity contribution in [3.63, 3.8) is 0 Å². The van der Waals surface area contributed by atoms with Gasteiger partial charge in [0.1, 0.15) is 0 Å². The lowest BCUT2D eigenvalue weighted by atomic mass is 9.64. The molecular formula is C15H29NO2. The first-order valence-electron chi connectivity index (χ1n) is 7.41. The van der Waals surface area contributed by atoms with Crippen LogP contribution in [0.5, 0.6) is 0 Å². The molecule has 0 aromatic carbocycles. The van der Waals surface area contributed by atoms with Gasteiger partial charge in [-0.25, -0.2) is 0 Å². The van der Waals surface area contributed by atoms with E-state index in [0.717, 1.165) is 32.5 Å². The lowest BCUT2D eigenvalue weighted by Gasteiger charge is -2.49. The quantitative estimate of drug-likeness (QED) is 0.813. The van der Waals surface area contributed by atoms with E-state index < -0.39 is 0 Å². The molecule has 0 radical (unpaired) electrons. The molecule has 3 unspecified atom stereocenters. The number of ether oxygens (including phenoxy) is 1. The molecule has 1 saturated carbocycles. The Morgan fingerprint density at radius 2 is 2.11 bits per heavy atom. The molecule has 1 saturated heterocycles. The fourth-order valence-corrected chi connectivity index (χ4v) is 4.31. The third kappa shape index (κ3) is 3.46. The van der Waals surface area contributed by atoms with Gasteiger partial charge in [-0.05, 0) is 43.4 Å². The molecule has 18 heavy (non-hydrogen) atoms. The molecule has 2 aliphatic rings. The van der Waals surface area contributed by atoms with E-state index in [4.69, 9.17) is 4.74 Å². The van der Waals surface area contributed by atoms with Crippen LogP contribution in [0, 0.1) is 11.3 Å². The summed E-state index contributed by atoms with van der Waals surface area (Å²) in [5.41, 5.74) is 0.232. The van der Waals surface area contributed by atoms with Crippen molar-refractivity contribution in [3.8, 4) is 0 Å². The number of aliphatic hydroxyl groups excluding tert-OH is 1. The van der Waals surface area contributed by atoms with Crippen LogP contribution >= 0.6 is 0 Å². The first-order valence-corrected chi connectivity index (χ1v) is 7.41. The SMILES string of the molecule is CC1CC(C)(C)CC(CO)(NC2CCCOC2)C1. The standard InChI is InChI=1S/C15H29NO2/c1-12-7-14(2,3)10-15(8-12,11-17)16-13-5-4-6-18-9-13/h12-13,16-17H,4-11H2,1-3H3. The van der Waals surface area contributed by atoms with Gasteiger partial charge < -0.3 is 15.2 Å². The molecule has 1 heterocycles. The highest BCUT2D eigenvalue weighted by Gasteiger charge is 2.43. The third-order valence-electron chi connectivity index (χ3n) is 4.43. The molecule has 2 fully saturated rings. The summed E-state index contributed by atoms with van der Waals surface area (Å²) in [4.78, 5) is 0. The Bertz CT molecular complexity index is 274. The largest absolute Gasteiger partial charge is 0.394 e. The van der Waals surface area contributed by atoms with Crippen molar-refractivity contribution in [2.24, 2.45) is 11.3 Å². The topological polar surface area (TPSA) is 41.5 Å². The summed E-state index contributed by atoms with van der Waals surface area (Å²) in [6.07, 6.45) is 5.73. The van der Waals surface area contributed by atoms with Crippen molar-refractivity contribution in [1.82, 2.24) is 5.32 Å². The van der Waals surface area contributed by atoms with Crippen LogP contribution in [0.2, 0.25) is 0 Å². The normalized spacial score (nSPS) is 40.7. The summed E-state index contributed by atoms with van der Waals surface area (Å²) in [6.45, 7) is 8.91. The summed E-state index contributed by atoms with van der Waals surface area (Å²) >= 11 is 0. The van der Waals surface area contributed by atoms with E-state index in [1.807, 2.05) is 0 Å². The average Bonchev–Trinajstić information content (AvgIpc) is 2.27. The maximum Gasteiger partial charge on any atom is 0.0619 e. The summed E-state index contributed by atoms with van der Waals surface area (Å²) in [7, 11) is 0. The smallest absolute Gasteiger partial charge is 0.0619 e. The van der Waals surface area contributed by atoms with Gasteiger partial charge in [-0.15, -0.1) is 0 Å². The predicted octanol–water partition coefficient (Wildman–Crippen LogP) is 2.33. The van der Waals surface area contributed by atoms with Crippen LogP contribution in [0.4, 0.5) is 0 Å². The van der Waals surface area contributed by atoms with Crippen LogP contribution in [0.1, 0.15) is 52.9 Å². The molecule has 3 nitrogen and oxygen atoms in total. The molecule has 0 amide bonds. The van der Waals surface area contributed by atoms with Crippen molar-refractivity contribution >= 4 is 0 Å². The van der Waals surface area contributed by atoms with Gasteiger partial charge in [0, 0.05) is 18.2 Å². The van der Waals surface area contributed by atoms with E-state index >= 15 is 0 Å².